The van der Waals surface area contributed by atoms with Gasteiger partial charge in [0, 0.05) is 15.7 Å². The van der Waals surface area contributed by atoms with E-state index in [2.05, 4.69) is 28.1 Å². The van der Waals surface area contributed by atoms with Gasteiger partial charge in [-0.1, -0.05) is 53.2 Å². The van der Waals surface area contributed by atoms with Crippen molar-refractivity contribution < 1.29 is 14.4 Å². The second-order valence-electron chi connectivity index (χ2n) is 10.1. The molecular weight excluding hydrogens is 492 g/mol. The quantitative estimate of drug-likeness (QED) is 0.414. The molecule has 2 bridgehead atoms. The molecule has 4 aliphatic carbocycles. The first-order valence-corrected chi connectivity index (χ1v) is 12.9. The number of hydrogen-bond donors (Lipinski definition) is 0. The summed E-state index contributed by atoms with van der Waals surface area (Å²) in [4.78, 5) is 44.1. The number of rotatable bonds is 5. The van der Waals surface area contributed by atoms with Crippen molar-refractivity contribution in [3.63, 3.8) is 0 Å². The number of hydrogen-bond acceptors (Lipinski definition) is 3. The molecule has 6 atom stereocenters. The zero-order valence-electron chi connectivity index (χ0n) is 19.3. The van der Waals surface area contributed by atoms with Crippen molar-refractivity contribution in [1.29, 1.82) is 0 Å². The molecule has 7 rings (SSSR count). The molecule has 2 saturated carbocycles. The number of halogens is 1. The molecule has 2 aromatic carbocycles. The Balaban J connectivity index is 1.39. The summed E-state index contributed by atoms with van der Waals surface area (Å²) in [6.07, 6.45) is 6.20. The van der Waals surface area contributed by atoms with Crippen molar-refractivity contribution in [2.75, 3.05) is 11.6 Å². The van der Waals surface area contributed by atoms with E-state index in [1.807, 2.05) is 50.2 Å². The maximum atomic E-state index is 13.9. The monoisotopic (exact) mass is 518 g/mol. The van der Waals surface area contributed by atoms with E-state index in [0.29, 0.717) is 17.4 Å². The molecule has 3 amide bonds. The number of allylic oxidation sites excluding steroid dienone is 2. The van der Waals surface area contributed by atoms with Crippen molar-refractivity contribution in [1.82, 2.24) is 4.90 Å². The Hall–Kier alpha value is -2.73. The van der Waals surface area contributed by atoms with Gasteiger partial charge in [0.2, 0.25) is 11.8 Å². The number of amides is 3. The van der Waals surface area contributed by atoms with Gasteiger partial charge in [-0.05, 0) is 78.8 Å². The number of nitrogens with zero attached hydrogens (tertiary/aromatic N) is 2. The van der Waals surface area contributed by atoms with Gasteiger partial charge in [-0.15, -0.1) is 0 Å². The molecule has 6 heteroatoms. The summed E-state index contributed by atoms with van der Waals surface area (Å²) in [5, 5.41) is 0. The topological polar surface area (TPSA) is 57.7 Å². The molecular formula is C28H27BrN2O3. The SMILES string of the molecule is CCc1cc(Br)ccc1N(CN1C(=O)C2C3C=CC(C4CC34)C2C1=O)C(=O)c1ccccc1C. The molecule has 6 unspecified atom stereocenters. The Labute approximate surface area is 207 Å². The second kappa shape index (κ2) is 7.91. The Morgan fingerprint density at radius 2 is 1.68 bits per heavy atom. The number of benzene rings is 2. The lowest BCUT2D eigenvalue weighted by Gasteiger charge is -2.37. The van der Waals surface area contributed by atoms with Crippen molar-refractivity contribution >= 4 is 39.3 Å². The van der Waals surface area contributed by atoms with Gasteiger partial charge >= 0.3 is 0 Å². The van der Waals surface area contributed by atoms with Crippen LogP contribution in [0, 0.1) is 42.4 Å². The fourth-order valence-electron chi connectivity index (χ4n) is 6.61. The molecule has 174 valence electrons. The summed E-state index contributed by atoms with van der Waals surface area (Å²) in [6, 6.07) is 13.3. The van der Waals surface area contributed by atoms with Crippen LogP contribution in [0.2, 0.25) is 0 Å². The van der Waals surface area contributed by atoms with Crippen LogP contribution in [0.3, 0.4) is 0 Å². The Kier molecular flexibility index (Phi) is 5.07. The van der Waals surface area contributed by atoms with E-state index >= 15 is 0 Å². The van der Waals surface area contributed by atoms with Crippen LogP contribution < -0.4 is 4.90 Å². The first-order valence-electron chi connectivity index (χ1n) is 12.1. The van der Waals surface area contributed by atoms with Crippen LogP contribution in [0.5, 0.6) is 0 Å². The first-order chi connectivity index (χ1) is 16.4. The van der Waals surface area contributed by atoms with Gasteiger partial charge < -0.3 is 0 Å². The predicted octanol–water partition coefficient (Wildman–Crippen LogP) is 4.98. The zero-order valence-corrected chi connectivity index (χ0v) is 20.9. The van der Waals surface area contributed by atoms with E-state index < -0.39 is 0 Å². The average molecular weight is 519 g/mol. The Morgan fingerprint density at radius 3 is 2.29 bits per heavy atom. The van der Waals surface area contributed by atoms with Crippen LogP contribution >= 0.6 is 15.9 Å². The Morgan fingerprint density at radius 1 is 1.03 bits per heavy atom. The molecule has 2 aromatic rings. The first kappa shape index (κ1) is 21.8. The maximum absolute atomic E-state index is 13.9. The molecule has 0 radical (unpaired) electrons. The highest BCUT2D eigenvalue weighted by Crippen LogP contribution is 2.65. The van der Waals surface area contributed by atoms with Crippen LogP contribution in [0.1, 0.15) is 34.8 Å². The number of anilines is 1. The summed E-state index contributed by atoms with van der Waals surface area (Å²) in [7, 11) is 0. The number of aryl methyl sites for hydroxylation is 2. The van der Waals surface area contributed by atoms with E-state index in [1.165, 1.54) is 4.90 Å². The molecule has 0 spiro atoms. The fourth-order valence-corrected chi connectivity index (χ4v) is 7.02. The summed E-state index contributed by atoms with van der Waals surface area (Å²) in [5.74, 6) is 0.479. The van der Waals surface area contributed by atoms with Gasteiger partial charge in [-0.25, -0.2) is 0 Å². The third kappa shape index (κ3) is 3.14. The number of likely N-dealkylation sites (tertiary alicyclic amines) is 1. The number of imide groups is 1. The van der Waals surface area contributed by atoms with Gasteiger partial charge in [0.15, 0.2) is 0 Å². The molecule has 3 fully saturated rings. The third-order valence-electron chi connectivity index (χ3n) is 8.37. The van der Waals surface area contributed by atoms with Crippen molar-refractivity contribution in [3.8, 4) is 0 Å². The van der Waals surface area contributed by atoms with Crippen LogP contribution in [-0.4, -0.2) is 29.3 Å². The molecule has 0 aromatic heterocycles. The largest absolute Gasteiger partial charge is 0.289 e. The van der Waals surface area contributed by atoms with E-state index in [-0.39, 0.29) is 48.1 Å². The van der Waals surface area contributed by atoms with Crippen molar-refractivity contribution in [2.24, 2.45) is 35.5 Å². The molecule has 0 N–H and O–H groups in total. The Bertz CT molecular complexity index is 1220. The highest BCUT2D eigenvalue weighted by atomic mass is 79.9. The minimum absolute atomic E-state index is 0.0543. The summed E-state index contributed by atoms with van der Waals surface area (Å²) < 4.78 is 0.928. The lowest BCUT2D eigenvalue weighted by atomic mass is 9.63. The minimum atomic E-state index is -0.266. The minimum Gasteiger partial charge on any atom is -0.289 e. The summed E-state index contributed by atoms with van der Waals surface area (Å²) in [5.41, 5.74) is 3.16. The average Bonchev–Trinajstić information content (AvgIpc) is 3.62. The van der Waals surface area contributed by atoms with E-state index in [4.69, 9.17) is 0 Å². The van der Waals surface area contributed by atoms with Gasteiger partial charge in [0.05, 0.1) is 11.8 Å². The molecule has 5 aliphatic rings. The molecule has 34 heavy (non-hydrogen) atoms. The molecule has 1 saturated heterocycles. The molecule has 5 nitrogen and oxygen atoms in total. The van der Waals surface area contributed by atoms with Crippen LogP contribution in [0.25, 0.3) is 0 Å². The number of carbonyl (C=O) groups excluding carboxylic acids is 3. The van der Waals surface area contributed by atoms with Crippen LogP contribution in [0.15, 0.2) is 59.1 Å². The van der Waals surface area contributed by atoms with E-state index in [1.54, 1.807) is 11.0 Å². The van der Waals surface area contributed by atoms with Gasteiger partial charge in [0.1, 0.15) is 6.67 Å². The normalized spacial score (nSPS) is 30.4. The van der Waals surface area contributed by atoms with Crippen molar-refractivity contribution in [3.05, 3.63) is 75.8 Å². The molecule has 1 heterocycles. The van der Waals surface area contributed by atoms with E-state index in [0.717, 1.165) is 34.1 Å². The van der Waals surface area contributed by atoms with Gasteiger partial charge in [0.25, 0.3) is 5.91 Å². The van der Waals surface area contributed by atoms with Crippen LogP contribution in [-0.2, 0) is 16.0 Å². The fraction of sp³-hybridized carbons (Fsp3) is 0.393. The number of carbonyl (C=O) groups is 3. The highest BCUT2D eigenvalue weighted by molar-refractivity contribution is 9.10. The lowest BCUT2D eigenvalue weighted by molar-refractivity contribution is -0.140. The predicted molar refractivity (Wildman–Crippen MR) is 133 cm³/mol. The maximum Gasteiger partial charge on any atom is 0.260 e. The highest BCUT2D eigenvalue weighted by Gasteiger charge is 2.67. The second-order valence-corrected chi connectivity index (χ2v) is 11.0. The summed E-state index contributed by atoms with van der Waals surface area (Å²) >= 11 is 3.53. The zero-order chi connectivity index (χ0) is 23.7. The smallest absolute Gasteiger partial charge is 0.260 e. The molecule has 1 aliphatic heterocycles. The van der Waals surface area contributed by atoms with E-state index in [9.17, 15) is 14.4 Å². The summed E-state index contributed by atoms with van der Waals surface area (Å²) in [6.45, 7) is 3.89. The third-order valence-corrected chi connectivity index (χ3v) is 8.86. The van der Waals surface area contributed by atoms with Crippen molar-refractivity contribution in [2.45, 2.75) is 26.7 Å². The standard InChI is InChI=1S/C28H27BrN2O3/c1-3-16-12-17(29)8-11-23(16)30(26(32)18-7-5-4-6-15(18)2)14-31-27(33)24-19-9-10-20(22-13-21(19)22)25(24)28(31)34/h4-12,19-22,24-25H,3,13-14H2,1-2H3. The van der Waals surface area contributed by atoms with Crippen LogP contribution in [0.4, 0.5) is 5.69 Å². The van der Waals surface area contributed by atoms with Gasteiger partial charge in [-0.3, -0.25) is 24.2 Å². The van der Waals surface area contributed by atoms with Gasteiger partial charge in [-0.2, -0.15) is 0 Å². The lowest BCUT2D eigenvalue weighted by Crippen LogP contribution is -2.45.